The van der Waals surface area contributed by atoms with Gasteiger partial charge in [0.05, 0.1) is 43.7 Å². The third-order valence-electron chi connectivity index (χ3n) is 8.08. The summed E-state index contributed by atoms with van der Waals surface area (Å²) in [5.74, 6) is 1.48. The van der Waals surface area contributed by atoms with Crippen molar-refractivity contribution < 1.29 is 19.1 Å². The molecule has 1 amide bonds. The van der Waals surface area contributed by atoms with E-state index < -0.39 is 5.54 Å². The van der Waals surface area contributed by atoms with Gasteiger partial charge in [-0.1, -0.05) is 0 Å². The topological polar surface area (TPSA) is 105 Å². The third kappa shape index (κ3) is 4.46. The molecular weight excluding hydrogens is 460 g/mol. The summed E-state index contributed by atoms with van der Waals surface area (Å²) < 4.78 is 10.7. The fraction of sp³-hybridized carbons (Fsp3) is 0.556. The summed E-state index contributed by atoms with van der Waals surface area (Å²) in [6.45, 7) is 7.11. The number of Topliss-reactive ketones (excluding diaryl/α,β-unsaturated/α-hetero) is 1. The van der Waals surface area contributed by atoms with Gasteiger partial charge in [-0.25, -0.2) is 4.98 Å². The Balaban J connectivity index is 1.22. The van der Waals surface area contributed by atoms with E-state index in [1.807, 2.05) is 32.0 Å². The molecule has 1 aromatic heterocycles. The van der Waals surface area contributed by atoms with Crippen molar-refractivity contribution in [3.05, 3.63) is 56.8 Å². The number of benzene rings is 1. The van der Waals surface area contributed by atoms with Gasteiger partial charge >= 0.3 is 0 Å². The predicted molar refractivity (Wildman–Crippen MR) is 133 cm³/mol. The Bertz CT molecular complexity index is 1230. The van der Waals surface area contributed by atoms with Crippen molar-refractivity contribution in [3.8, 4) is 5.75 Å². The van der Waals surface area contributed by atoms with Gasteiger partial charge in [0.15, 0.2) is 5.78 Å². The molecule has 3 aliphatic rings. The molecule has 4 heterocycles. The molecule has 1 unspecified atom stereocenters. The third-order valence-corrected chi connectivity index (χ3v) is 8.08. The van der Waals surface area contributed by atoms with Gasteiger partial charge in [-0.3, -0.25) is 19.3 Å². The molecule has 5 rings (SSSR count). The van der Waals surface area contributed by atoms with E-state index in [4.69, 9.17) is 9.47 Å². The lowest BCUT2D eigenvalue weighted by Gasteiger charge is -2.41. The highest BCUT2D eigenvalue weighted by atomic mass is 16.5. The van der Waals surface area contributed by atoms with Crippen molar-refractivity contribution in [3.63, 3.8) is 0 Å². The van der Waals surface area contributed by atoms with E-state index in [9.17, 15) is 14.4 Å². The number of hydrogen-bond donors (Lipinski definition) is 1. The van der Waals surface area contributed by atoms with Crippen LogP contribution in [0.2, 0.25) is 0 Å². The molecule has 36 heavy (non-hydrogen) atoms. The fourth-order valence-electron chi connectivity index (χ4n) is 5.80. The molecule has 0 spiro atoms. The molecule has 0 bridgehead atoms. The van der Waals surface area contributed by atoms with Crippen LogP contribution in [0.5, 0.6) is 5.75 Å². The van der Waals surface area contributed by atoms with E-state index in [1.165, 1.54) is 0 Å². The Kier molecular flexibility index (Phi) is 6.70. The number of aromatic nitrogens is 2. The first-order chi connectivity index (χ1) is 17.3. The highest BCUT2D eigenvalue weighted by molar-refractivity contribution is 5.98. The van der Waals surface area contributed by atoms with Crippen LogP contribution in [-0.4, -0.2) is 70.3 Å². The van der Waals surface area contributed by atoms with Gasteiger partial charge in [-0.2, -0.15) is 0 Å². The second-order valence-electron chi connectivity index (χ2n) is 10.3. The van der Waals surface area contributed by atoms with E-state index in [1.54, 1.807) is 12.0 Å². The van der Waals surface area contributed by atoms with E-state index >= 15 is 0 Å². The molecule has 9 heteroatoms. The SMILES string of the molecule is COc1ccc(C(=O)C2CCN(C3(C)CCN(Cc4nc5c(c(=O)[nH]4)COCC5)C3=O)CC2)cc1C. The highest BCUT2D eigenvalue weighted by Crippen LogP contribution is 2.34. The van der Waals surface area contributed by atoms with Crippen LogP contribution in [0, 0.1) is 12.8 Å². The first kappa shape index (κ1) is 24.6. The standard InChI is InChI=1S/C27H34N4O5/c1-17-14-19(4-5-22(17)35-3)24(32)18-6-10-31(11-7-18)27(2)9-12-30(26(27)34)15-23-28-21-8-13-36-16-20(21)25(33)29-23/h4-5,14,18H,6-13,15-16H2,1-3H3,(H,28,29,33). The second-order valence-corrected chi connectivity index (χ2v) is 10.3. The number of carbonyl (C=O) groups is 2. The maximum Gasteiger partial charge on any atom is 0.256 e. The fourth-order valence-corrected chi connectivity index (χ4v) is 5.80. The van der Waals surface area contributed by atoms with Gasteiger partial charge in [0.25, 0.3) is 5.56 Å². The summed E-state index contributed by atoms with van der Waals surface area (Å²) in [4.78, 5) is 50.5. The Morgan fingerprint density at radius 3 is 2.75 bits per heavy atom. The lowest BCUT2D eigenvalue weighted by Crippen LogP contribution is -2.55. The van der Waals surface area contributed by atoms with Crippen LogP contribution in [0.4, 0.5) is 0 Å². The largest absolute Gasteiger partial charge is 0.496 e. The van der Waals surface area contributed by atoms with Crippen LogP contribution in [0.15, 0.2) is 23.0 Å². The summed E-state index contributed by atoms with van der Waals surface area (Å²) in [6.07, 6.45) is 2.79. The Morgan fingerprint density at radius 1 is 1.25 bits per heavy atom. The first-order valence-electron chi connectivity index (χ1n) is 12.7. The molecule has 0 radical (unpaired) electrons. The van der Waals surface area contributed by atoms with Gasteiger partial charge < -0.3 is 19.4 Å². The van der Waals surface area contributed by atoms with Crippen LogP contribution < -0.4 is 10.3 Å². The Labute approximate surface area is 210 Å². The zero-order chi connectivity index (χ0) is 25.4. The number of H-pyrrole nitrogens is 1. The summed E-state index contributed by atoms with van der Waals surface area (Å²) in [5, 5.41) is 0. The van der Waals surface area contributed by atoms with Crippen LogP contribution in [0.3, 0.4) is 0 Å². The lowest BCUT2D eigenvalue weighted by molar-refractivity contribution is -0.138. The number of likely N-dealkylation sites (tertiary alicyclic amines) is 2. The van der Waals surface area contributed by atoms with E-state index in [0.29, 0.717) is 57.0 Å². The number of methoxy groups -OCH3 is 1. The zero-order valence-corrected chi connectivity index (χ0v) is 21.3. The summed E-state index contributed by atoms with van der Waals surface area (Å²) in [6, 6.07) is 5.59. The molecule has 3 aliphatic heterocycles. The van der Waals surface area contributed by atoms with Crippen LogP contribution >= 0.6 is 0 Å². The van der Waals surface area contributed by atoms with Crippen molar-refractivity contribution >= 4 is 11.7 Å². The minimum atomic E-state index is -0.604. The monoisotopic (exact) mass is 494 g/mol. The number of ketones is 1. The molecule has 1 aromatic carbocycles. The van der Waals surface area contributed by atoms with E-state index in [-0.39, 0.29) is 29.8 Å². The van der Waals surface area contributed by atoms with Crippen molar-refractivity contribution in [1.29, 1.82) is 0 Å². The van der Waals surface area contributed by atoms with Crippen molar-refractivity contribution in [2.24, 2.45) is 5.92 Å². The zero-order valence-electron chi connectivity index (χ0n) is 21.3. The average molecular weight is 495 g/mol. The number of nitrogens with one attached hydrogen (secondary N) is 1. The minimum absolute atomic E-state index is 0.0426. The highest BCUT2D eigenvalue weighted by Gasteiger charge is 2.48. The molecule has 1 N–H and O–H groups in total. The van der Waals surface area contributed by atoms with E-state index in [0.717, 1.165) is 35.4 Å². The molecule has 2 fully saturated rings. The van der Waals surface area contributed by atoms with Crippen molar-refractivity contribution in [2.75, 3.05) is 33.4 Å². The van der Waals surface area contributed by atoms with Gasteiger partial charge in [0.2, 0.25) is 5.91 Å². The number of amides is 1. The number of rotatable bonds is 6. The first-order valence-corrected chi connectivity index (χ1v) is 12.7. The second kappa shape index (κ2) is 9.78. The minimum Gasteiger partial charge on any atom is -0.496 e. The molecule has 9 nitrogen and oxygen atoms in total. The average Bonchev–Trinajstić information content (AvgIpc) is 3.18. The molecule has 1 atom stereocenters. The number of piperidine rings is 1. The quantitative estimate of drug-likeness (QED) is 0.614. The van der Waals surface area contributed by atoms with Gasteiger partial charge in [0, 0.05) is 24.4 Å². The molecule has 0 saturated carbocycles. The molecule has 0 aliphatic carbocycles. The molecular formula is C27H34N4O5. The Hall–Kier alpha value is -3.04. The molecule has 192 valence electrons. The van der Waals surface area contributed by atoms with Gasteiger partial charge in [-0.05, 0) is 70.0 Å². The number of hydrogen-bond acceptors (Lipinski definition) is 7. The summed E-state index contributed by atoms with van der Waals surface area (Å²) >= 11 is 0. The molecule has 2 saturated heterocycles. The van der Waals surface area contributed by atoms with Crippen molar-refractivity contribution in [1.82, 2.24) is 19.8 Å². The molecule has 2 aromatic rings. The van der Waals surface area contributed by atoms with Crippen LogP contribution in [0.1, 0.15) is 59.2 Å². The normalized spacial score (nSPS) is 23.1. The summed E-state index contributed by atoms with van der Waals surface area (Å²) in [7, 11) is 1.63. The number of nitrogens with zero attached hydrogens (tertiary/aromatic N) is 3. The number of fused-ring (bicyclic) bond motifs is 1. The maximum absolute atomic E-state index is 13.5. The number of ether oxygens (including phenoxy) is 2. The van der Waals surface area contributed by atoms with Gasteiger partial charge in [-0.15, -0.1) is 0 Å². The lowest BCUT2D eigenvalue weighted by atomic mass is 9.85. The smallest absolute Gasteiger partial charge is 0.256 e. The van der Waals surface area contributed by atoms with Crippen LogP contribution in [-0.2, 0) is 29.1 Å². The number of carbonyl (C=O) groups excluding carboxylic acids is 2. The maximum atomic E-state index is 13.5. The number of aromatic amines is 1. The van der Waals surface area contributed by atoms with Crippen LogP contribution in [0.25, 0.3) is 0 Å². The number of aryl methyl sites for hydroxylation is 1. The van der Waals surface area contributed by atoms with E-state index in [2.05, 4.69) is 14.9 Å². The van der Waals surface area contributed by atoms with Crippen molar-refractivity contribution in [2.45, 2.75) is 58.2 Å². The predicted octanol–water partition coefficient (Wildman–Crippen LogP) is 2.25. The van der Waals surface area contributed by atoms with Gasteiger partial charge in [0.1, 0.15) is 11.6 Å². The Morgan fingerprint density at radius 2 is 2.03 bits per heavy atom. The summed E-state index contributed by atoms with van der Waals surface area (Å²) in [5.41, 5.74) is 2.25.